The third-order valence-corrected chi connectivity index (χ3v) is 4.37. The summed E-state index contributed by atoms with van der Waals surface area (Å²) < 4.78 is 20.5. The number of hydrogen-bond donors (Lipinski definition) is 1. The molecule has 0 radical (unpaired) electrons. The minimum Gasteiger partial charge on any atom is -0.377 e. The average molecular weight is 376 g/mol. The molecule has 1 fully saturated rings. The van der Waals surface area contributed by atoms with Crippen molar-refractivity contribution in [3.8, 4) is 0 Å². The lowest BCUT2D eigenvalue weighted by Crippen LogP contribution is -2.50. The Kier molecular flexibility index (Phi) is 6.07. The van der Waals surface area contributed by atoms with Gasteiger partial charge in [-0.1, -0.05) is 6.07 Å². The van der Waals surface area contributed by atoms with Crippen LogP contribution in [0, 0.1) is 12.7 Å². The summed E-state index contributed by atoms with van der Waals surface area (Å²) in [5.41, 5.74) is 0.893. The third kappa shape index (κ3) is 5.07. The molecule has 2 aromatic rings. The lowest BCUT2D eigenvalue weighted by Gasteiger charge is -2.35. The van der Waals surface area contributed by atoms with Gasteiger partial charge in [-0.2, -0.15) is 0 Å². The molecule has 9 nitrogen and oxygen atoms in total. The van der Waals surface area contributed by atoms with Gasteiger partial charge >= 0.3 is 0 Å². The maximum absolute atomic E-state index is 13.6. The highest BCUT2D eigenvalue weighted by atomic mass is 19.1. The number of nitrogens with zero attached hydrogens (tertiary/aromatic N) is 5. The van der Waals surface area contributed by atoms with Crippen molar-refractivity contribution in [2.45, 2.75) is 32.4 Å². The van der Waals surface area contributed by atoms with E-state index >= 15 is 0 Å². The van der Waals surface area contributed by atoms with E-state index in [1.54, 1.807) is 24.0 Å². The van der Waals surface area contributed by atoms with Crippen molar-refractivity contribution in [3.05, 3.63) is 35.9 Å². The van der Waals surface area contributed by atoms with E-state index < -0.39 is 0 Å². The van der Waals surface area contributed by atoms with Crippen molar-refractivity contribution in [1.82, 2.24) is 25.1 Å². The molecule has 10 heteroatoms. The molecule has 1 aliphatic heterocycles. The van der Waals surface area contributed by atoms with Gasteiger partial charge in [-0.15, -0.1) is 5.10 Å². The first-order valence-corrected chi connectivity index (χ1v) is 8.67. The number of hydrogen-bond acceptors (Lipinski definition) is 6. The van der Waals surface area contributed by atoms with E-state index in [0.717, 1.165) is 0 Å². The van der Waals surface area contributed by atoms with Crippen LogP contribution >= 0.6 is 0 Å². The Morgan fingerprint density at radius 1 is 1.41 bits per heavy atom. The Morgan fingerprint density at radius 3 is 3.00 bits per heavy atom. The fourth-order valence-corrected chi connectivity index (χ4v) is 2.89. The monoisotopic (exact) mass is 376 g/mol. The molecule has 27 heavy (non-hydrogen) atoms. The first kappa shape index (κ1) is 18.9. The summed E-state index contributed by atoms with van der Waals surface area (Å²) >= 11 is 0. The van der Waals surface area contributed by atoms with Gasteiger partial charge in [-0.3, -0.25) is 9.59 Å². The Morgan fingerprint density at radius 2 is 2.26 bits per heavy atom. The fraction of sp³-hybridized carbons (Fsp3) is 0.471. The van der Waals surface area contributed by atoms with Crippen molar-refractivity contribution >= 4 is 17.5 Å². The zero-order valence-electron chi connectivity index (χ0n) is 15.0. The molecule has 0 spiro atoms. The van der Waals surface area contributed by atoms with Crippen LogP contribution in [-0.2, 0) is 20.9 Å². The molecule has 0 bridgehead atoms. The fourth-order valence-electron chi connectivity index (χ4n) is 2.89. The van der Waals surface area contributed by atoms with E-state index in [2.05, 4.69) is 20.8 Å². The summed E-state index contributed by atoms with van der Waals surface area (Å²) in [5.74, 6) is -0.770. The largest absolute Gasteiger partial charge is 0.377 e. The lowest BCUT2D eigenvalue weighted by atomic mass is 10.1. The van der Waals surface area contributed by atoms with Gasteiger partial charge in [0.1, 0.15) is 12.1 Å². The van der Waals surface area contributed by atoms with Crippen LogP contribution in [0.5, 0.6) is 0 Å². The molecular weight excluding hydrogens is 355 g/mol. The molecule has 1 aliphatic rings. The van der Waals surface area contributed by atoms with E-state index in [4.69, 9.17) is 4.74 Å². The van der Waals surface area contributed by atoms with Gasteiger partial charge in [0.25, 0.3) is 0 Å². The summed E-state index contributed by atoms with van der Waals surface area (Å²) in [7, 11) is 0. The SMILES string of the molecule is Cc1ccc(NC(=O)C[C@H]2COCCN2C(=O)CCn2cnnn2)cc1F. The van der Waals surface area contributed by atoms with Crippen molar-refractivity contribution in [3.63, 3.8) is 0 Å². The van der Waals surface area contributed by atoms with Gasteiger partial charge in [0, 0.05) is 25.1 Å². The maximum Gasteiger partial charge on any atom is 0.226 e. The zero-order valence-corrected chi connectivity index (χ0v) is 15.0. The molecule has 144 valence electrons. The van der Waals surface area contributed by atoms with Crippen molar-refractivity contribution in [2.24, 2.45) is 0 Å². The number of nitrogens with one attached hydrogen (secondary N) is 1. The van der Waals surface area contributed by atoms with Crippen LogP contribution in [0.3, 0.4) is 0 Å². The minimum absolute atomic E-state index is 0.0755. The van der Waals surface area contributed by atoms with E-state index in [0.29, 0.717) is 30.9 Å². The number of aryl methyl sites for hydroxylation is 2. The summed E-state index contributed by atoms with van der Waals surface area (Å²) in [5, 5.41) is 13.4. The van der Waals surface area contributed by atoms with Crippen molar-refractivity contribution in [1.29, 1.82) is 0 Å². The smallest absolute Gasteiger partial charge is 0.226 e. The molecule has 1 aromatic heterocycles. The Labute approximate surface area is 155 Å². The highest BCUT2D eigenvalue weighted by molar-refractivity contribution is 5.91. The molecule has 0 unspecified atom stereocenters. The summed E-state index contributed by atoms with van der Waals surface area (Å²) in [6.07, 6.45) is 1.75. The van der Waals surface area contributed by atoms with Crippen LogP contribution in [0.15, 0.2) is 24.5 Å². The van der Waals surface area contributed by atoms with Gasteiger partial charge in [0.15, 0.2) is 0 Å². The molecule has 3 rings (SSSR count). The number of carbonyl (C=O) groups is 2. The zero-order chi connectivity index (χ0) is 19.2. The number of amides is 2. The van der Waals surface area contributed by atoms with E-state index in [1.807, 2.05) is 0 Å². The van der Waals surface area contributed by atoms with Gasteiger partial charge in [-0.25, -0.2) is 9.07 Å². The van der Waals surface area contributed by atoms with Crippen molar-refractivity contribution < 1.29 is 18.7 Å². The maximum atomic E-state index is 13.6. The molecule has 1 N–H and O–H groups in total. The van der Waals surface area contributed by atoms with E-state index in [-0.39, 0.29) is 43.1 Å². The molecule has 1 atom stereocenters. The molecular formula is C17H21FN6O3. The number of anilines is 1. The second kappa shape index (κ2) is 8.67. The van der Waals surface area contributed by atoms with Gasteiger partial charge in [0.05, 0.1) is 25.8 Å². The molecule has 1 saturated heterocycles. The number of aromatic nitrogens is 4. The van der Waals surface area contributed by atoms with Crippen LogP contribution in [0.2, 0.25) is 0 Å². The predicted octanol–water partition coefficient (Wildman–Crippen LogP) is 0.767. The molecule has 0 saturated carbocycles. The topological polar surface area (TPSA) is 102 Å². The van der Waals surface area contributed by atoms with Crippen LogP contribution in [0.25, 0.3) is 0 Å². The van der Waals surface area contributed by atoms with E-state index in [9.17, 15) is 14.0 Å². The quantitative estimate of drug-likeness (QED) is 0.799. The number of benzene rings is 1. The second-order valence-electron chi connectivity index (χ2n) is 6.36. The molecule has 2 amide bonds. The standard InChI is InChI=1S/C17H21FN6O3/c1-12-2-3-13(8-15(12)18)20-16(25)9-14-10-27-7-6-24(14)17(26)4-5-23-11-19-21-22-23/h2-3,8,11,14H,4-7,9-10H2,1H3,(H,20,25)/t14-/m0/s1. The van der Waals surface area contributed by atoms with Gasteiger partial charge in [-0.05, 0) is 35.0 Å². The Bertz CT molecular complexity index is 798. The first-order valence-electron chi connectivity index (χ1n) is 8.67. The number of morpholine rings is 1. The van der Waals surface area contributed by atoms with Crippen molar-refractivity contribution in [2.75, 3.05) is 25.1 Å². The summed E-state index contributed by atoms with van der Waals surface area (Å²) in [6, 6.07) is 4.15. The van der Waals surface area contributed by atoms with Crippen LogP contribution < -0.4 is 5.32 Å². The first-order chi connectivity index (χ1) is 13.0. The average Bonchev–Trinajstić information content (AvgIpc) is 3.17. The summed E-state index contributed by atoms with van der Waals surface area (Å²) in [6.45, 7) is 3.15. The Hall–Kier alpha value is -2.88. The number of rotatable bonds is 6. The highest BCUT2D eigenvalue weighted by Crippen LogP contribution is 2.16. The number of halogens is 1. The third-order valence-electron chi connectivity index (χ3n) is 4.37. The predicted molar refractivity (Wildman–Crippen MR) is 93.1 cm³/mol. The van der Waals surface area contributed by atoms with Crippen LogP contribution in [0.1, 0.15) is 18.4 Å². The van der Waals surface area contributed by atoms with Gasteiger partial charge in [0.2, 0.25) is 11.8 Å². The molecule has 2 heterocycles. The van der Waals surface area contributed by atoms with Crippen LogP contribution in [-0.4, -0.2) is 62.7 Å². The van der Waals surface area contributed by atoms with Crippen LogP contribution in [0.4, 0.5) is 10.1 Å². The molecule has 0 aliphatic carbocycles. The summed E-state index contributed by atoms with van der Waals surface area (Å²) in [4.78, 5) is 26.5. The minimum atomic E-state index is -0.381. The molecule has 1 aromatic carbocycles. The highest BCUT2D eigenvalue weighted by Gasteiger charge is 2.29. The van der Waals surface area contributed by atoms with Gasteiger partial charge < -0.3 is 15.0 Å². The lowest BCUT2D eigenvalue weighted by molar-refractivity contribution is -0.141. The normalized spacial score (nSPS) is 17.0. The number of carbonyl (C=O) groups excluding carboxylic acids is 2. The number of ether oxygens (including phenoxy) is 1. The van der Waals surface area contributed by atoms with E-state index in [1.165, 1.54) is 17.1 Å². The Balaban J connectivity index is 1.56. The second-order valence-corrected chi connectivity index (χ2v) is 6.36. The number of tetrazole rings is 1.